The second kappa shape index (κ2) is 4.32. The highest BCUT2D eigenvalue weighted by Crippen LogP contribution is 2.37. The summed E-state index contributed by atoms with van der Waals surface area (Å²) in [6.45, 7) is 0. The third kappa shape index (κ3) is 2.09. The van der Waals surface area contributed by atoms with Crippen LogP contribution in [0.15, 0.2) is 60.7 Å². The highest BCUT2D eigenvalue weighted by molar-refractivity contribution is 5.30. The molecule has 0 amide bonds. The Balaban J connectivity index is 1.73. The molecule has 0 aromatic heterocycles. The van der Waals surface area contributed by atoms with Gasteiger partial charge in [-0.15, -0.1) is 0 Å². The Bertz CT molecular complexity index is 483. The lowest BCUT2D eigenvalue weighted by Gasteiger charge is -2.08. The molecule has 86 valence electrons. The average molecular weight is 225 g/mol. The van der Waals surface area contributed by atoms with Gasteiger partial charge in [0, 0.05) is 0 Å². The van der Waals surface area contributed by atoms with Crippen molar-refractivity contribution in [2.24, 2.45) is 0 Å². The number of rotatable bonds is 3. The van der Waals surface area contributed by atoms with E-state index in [4.69, 9.17) is 0 Å². The second-order valence-electron chi connectivity index (χ2n) is 4.44. The largest absolute Gasteiger partial charge is 0.387 e. The van der Waals surface area contributed by atoms with Gasteiger partial charge >= 0.3 is 0 Å². The van der Waals surface area contributed by atoms with E-state index in [1.807, 2.05) is 48.5 Å². The molecule has 1 aliphatic rings. The molecule has 0 radical (unpaired) electrons. The lowest BCUT2D eigenvalue weighted by Crippen LogP contribution is -2.07. The average Bonchev–Trinajstić information content (AvgIpc) is 3.20. The van der Waals surface area contributed by atoms with Crippen LogP contribution in [0, 0.1) is 0 Å². The van der Waals surface area contributed by atoms with Crippen LogP contribution in [0.4, 0.5) is 0 Å². The quantitative estimate of drug-likeness (QED) is 0.788. The van der Waals surface area contributed by atoms with E-state index in [-0.39, 0.29) is 12.1 Å². The van der Waals surface area contributed by atoms with Crippen molar-refractivity contribution < 1.29 is 5.11 Å². The van der Waals surface area contributed by atoms with Crippen molar-refractivity contribution in [2.75, 3.05) is 0 Å². The molecule has 0 aliphatic carbocycles. The molecule has 1 heterocycles. The molecule has 3 rings (SSSR count). The minimum atomic E-state index is -0.429. The normalized spacial score (nSPS) is 24.3. The van der Waals surface area contributed by atoms with Crippen LogP contribution in [0.3, 0.4) is 0 Å². The standard InChI is InChI=1S/C15H15NO/c17-15(12-9-5-2-6-10-12)14-13(16-14)11-7-3-1-4-8-11/h1-10,13-17H/t13-,14-,15+/m1/s1. The van der Waals surface area contributed by atoms with Crippen molar-refractivity contribution in [3.8, 4) is 0 Å². The van der Waals surface area contributed by atoms with Crippen LogP contribution in [-0.2, 0) is 0 Å². The van der Waals surface area contributed by atoms with E-state index >= 15 is 0 Å². The summed E-state index contributed by atoms with van der Waals surface area (Å²) in [4.78, 5) is 0. The first-order valence-electron chi connectivity index (χ1n) is 5.90. The van der Waals surface area contributed by atoms with Gasteiger partial charge < -0.3 is 10.4 Å². The molecule has 0 unspecified atom stereocenters. The molecule has 1 aliphatic heterocycles. The lowest BCUT2D eigenvalue weighted by atomic mass is 10.0. The zero-order chi connectivity index (χ0) is 11.7. The fourth-order valence-corrected chi connectivity index (χ4v) is 2.25. The van der Waals surface area contributed by atoms with Gasteiger partial charge in [0.2, 0.25) is 0 Å². The van der Waals surface area contributed by atoms with Gasteiger partial charge in [0.1, 0.15) is 0 Å². The summed E-state index contributed by atoms with van der Waals surface area (Å²) in [5.74, 6) is 0. The number of benzene rings is 2. The molecule has 2 heteroatoms. The summed E-state index contributed by atoms with van der Waals surface area (Å²) < 4.78 is 0. The Labute approximate surface area is 101 Å². The number of hydrogen-bond donors (Lipinski definition) is 2. The lowest BCUT2D eigenvalue weighted by molar-refractivity contribution is 0.173. The van der Waals surface area contributed by atoms with Crippen LogP contribution in [-0.4, -0.2) is 11.1 Å². The van der Waals surface area contributed by atoms with Gasteiger partial charge in [-0.25, -0.2) is 0 Å². The Kier molecular flexibility index (Phi) is 2.67. The van der Waals surface area contributed by atoms with E-state index in [0.717, 1.165) is 5.56 Å². The highest BCUT2D eigenvalue weighted by atomic mass is 16.3. The summed E-state index contributed by atoms with van der Waals surface area (Å²) in [7, 11) is 0. The molecule has 1 fully saturated rings. The smallest absolute Gasteiger partial charge is 0.0961 e. The van der Waals surface area contributed by atoms with Gasteiger partial charge in [-0.05, 0) is 11.1 Å². The van der Waals surface area contributed by atoms with E-state index < -0.39 is 6.10 Å². The Morgan fingerprint density at radius 1 is 0.882 bits per heavy atom. The summed E-state index contributed by atoms with van der Waals surface area (Å²) in [6, 6.07) is 20.5. The maximum Gasteiger partial charge on any atom is 0.0961 e. The van der Waals surface area contributed by atoms with Crippen LogP contribution in [0.2, 0.25) is 0 Å². The third-order valence-corrected chi connectivity index (χ3v) is 3.26. The second-order valence-corrected chi connectivity index (χ2v) is 4.44. The van der Waals surface area contributed by atoms with Crippen LogP contribution < -0.4 is 5.32 Å². The van der Waals surface area contributed by atoms with Crippen molar-refractivity contribution in [1.29, 1.82) is 0 Å². The van der Waals surface area contributed by atoms with Crippen LogP contribution in [0.25, 0.3) is 0 Å². The van der Waals surface area contributed by atoms with Gasteiger partial charge in [0.25, 0.3) is 0 Å². The predicted octanol–water partition coefficient (Wildman–Crippen LogP) is 2.43. The van der Waals surface area contributed by atoms with Crippen molar-refractivity contribution in [3.05, 3.63) is 71.8 Å². The third-order valence-electron chi connectivity index (χ3n) is 3.26. The Hall–Kier alpha value is -1.64. The molecular weight excluding hydrogens is 210 g/mol. The zero-order valence-corrected chi connectivity index (χ0v) is 9.45. The van der Waals surface area contributed by atoms with Crippen molar-refractivity contribution in [3.63, 3.8) is 0 Å². The maximum atomic E-state index is 10.2. The predicted molar refractivity (Wildman–Crippen MR) is 67.5 cm³/mol. The number of hydrogen-bond acceptors (Lipinski definition) is 2. The molecule has 0 saturated carbocycles. The first-order chi connectivity index (χ1) is 8.36. The molecule has 0 bridgehead atoms. The maximum absolute atomic E-state index is 10.2. The van der Waals surface area contributed by atoms with Gasteiger partial charge in [-0.3, -0.25) is 0 Å². The fraction of sp³-hybridized carbons (Fsp3) is 0.200. The van der Waals surface area contributed by atoms with Gasteiger partial charge in [-0.2, -0.15) is 0 Å². The molecule has 17 heavy (non-hydrogen) atoms. The van der Waals surface area contributed by atoms with E-state index in [2.05, 4.69) is 17.4 Å². The number of aliphatic hydroxyl groups excluding tert-OH is 1. The molecule has 0 spiro atoms. The van der Waals surface area contributed by atoms with E-state index in [0.29, 0.717) is 0 Å². The first-order valence-corrected chi connectivity index (χ1v) is 5.90. The summed E-state index contributed by atoms with van der Waals surface area (Å²) in [6.07, 6.45) is -0.429. The van der Waals surface area contributed by atoms with Crippen molar-refractivity contribution in [1.82, 2.24) is 5.32 Å². The topological polar surface area (TPSA) is 42.2 Å². The van der Waals surface area contributed by atoms with Crippen molar-refractivity contribution in [2.45, 2.75) is 18.2 Å². The van der Waals surface area contributed by atoms with Crippen LogP contribution in [0.1, 0.15) is 23.3 Å². The number of aliphatic hydroxyl groups is 1. The molecular formula is C15H15NO. The molecule has 2 nitrogen and oxygen atoms in total. The molecule has 2 aromatic carbocycles. The monoisotopic (exact) mass is 225 g/mol. The van der Waals surface area contributed by atoms with E-state index in [9.17, 15) is 5.11 Å². The fourth-order valence-electron chi connectivity index (χ4n) is 2.25. The summed E-state index contributed by atoms with van der Waals surface area (Å²) in [5.41, 5.74) is 2.22. The Morgan fingerprint density at radius 3 is 2.12 bits per heavy atom. The van der Waals surface area contributed by atoms with Gasteiger partial charge in [-0.1, -0.05) is 60.7 Å². The minimum Gasteiger partial charge on any atom is -0.387 e. The van der Waals surface area contributed by atoms with Crippen molar-refractivity contribution >= 4 is 0 Å². The SMILES string of the molecule is O[C@@H](c1ccccc1)[C@@H]1N[C@@H]1c1ccccc1. The van der Waals surface area contributed by atoms with E-state index in [1.165, 1.54) is 5.56 Å². The highest BCUT2D eigenvalue weighted by Gasteiger charge is 2.42. The summed E-state index contributed by atoms with van der Waals surface area (Å²) >= 11 is 0. The molecule has 2 N–H and O–H groups in total. The molecule has 2 aromatic rings. The zero-order valence-electron chi connectivity index (χ0n) is 9.45. The molecule has 1 saturated heterocycles. The van der Waals surface area contributed by atoms with Crippen LogP contribution in [0.5, 0.6) is 0 Å². The summed E-state index contributed by atoms with van der Waals surface area (Å²) in [5, 5.41) is 13.6. The van der Waals surface area contributed by atoms with E-state index in [1.54, 1.807) is 0 Å². The van der Waals surface area contributed by atoms with Gasteiger partial charge in [0.15, 0.2) is 0 Å². The van der Waals surface area contributed by atoms with Crippen LogP contribution >= 0.6 is 0 Å². The minimum absolute atomic E-state index is 0.139. The number of nitrogens with one attached hydrogen (secondary N) is 1. The first kappa shape index (κ1) is 10.5. The van der Waals surface area contributed by atoms with Gasteiger partial charge in [0.05, 0.1) is 18.2 Å². The molecule has 3 atom stereocenters. The Morgan fingerprint density at radius 2 is 1.47 bits per heavy atom.